The summed E-state index contributed by atoms with van der Waals surface area (Å²) in [6, 6.07) is 15.8. The normalized spacial score (nSPS) is 10.9. The van der Waals surface area contributed by atoms with Gasteiger partial charge in [0.15, 0.2) is 5.78 Å². The number of fused-ring (bicyclic) bond motifs is 1. The van der Waals surface area contributed by atoms with Crippen LogP contribution in [0.1, 0.15) is 34.3 Å². The fraction of sp³-hybridized carbons (Fsp3) is 0.200. The van der Waals surface area contributed by atoms with Gasteiger partial charge in [-0.3, -0.25) is 9.78 Å². The Morgan fingerprint density at radius 1 is 1.09 bits per heavy atom. The smallest absolute Gasteiger partial charge is 0.162 e. The monoisotopic (exact) mass is 367 g/mol. The number of aryl methyl sites for hydroxylation is 2. The summed E-state index contributed by atoms with van der Waals surface area (Å²) in [4.78, 5) is 16.8. The van der Waals surface area contributed by atoms with Gasteiger partial charge in [0.2, 0.25) is 0 Å². The van der Waals surface area contributed by atoms with Gasteiger partial charge >= 0.3 is 0 Å². The predicted molar refractivity (Wildman–Crippen MR) is 97.9 cm³/mol. The van der Waals surface area contributed by atoms with Crippen LogP contribution in [0.4, 0.5) is 0 Å². The molecule has 0 fully saturated rings. The molecule has 116 valence electrons. The molecular weight excluding hydrogens is 350 g/mol. The third-order valence-corrected chi connectivity index (χ3v) is 4.64. The van der Waals surface area contributed by atoms with E-state index >= 15 is 0 Å². The number of rotatable bonds is 5. The minimum atomic E-state index is 0.198. The highest BCUT2D eigenvalue weighted by molar-refractivity contribution is 9.10. The molecule has 0 aliphatic carbocycles. The number of carbonyl (C=O) groups excluding carboxylic acids is 1. The summed E-state index contributed by atoms with van der Waals surface area (Å²) in [6.45, 7) is 2.11. The lowest BCUT2D eigenvalue weighted by atomic mass is 9.97. The minimum absolute atomic E-state index is 0.198. The Morgan fingerprint density at radius 2 is 1.87 bits per heavy atom. The van der Waals surface area contributed by atoms with Gasteiger partial charge in [-0.2, -0.15) is 0 Å². The molecule has 3 aromatic rings. The molecule has 0 atom stereocenters. The van der Waals surface area contributed by atoms with Crippen molar-refractivity contribution in [2.75, 3.05) is 0 Å². The lowest BCUT2D eigenvalue weighted by molar-refractivity contribution is 0.0980. The fourth-order valence-corrected chi connectivity index (χ4v) is 3.09. The zero-order valence-electron chi connectivity index (χ0n) is 13.1. The second-order valence-electron chi connectivity index (χ2n) is 5.72. The third-order valence-electron chi connectivity index (χ3n) is 4.11. The number of pyridine rings is 1. The molecule has 3 rings (SSSR count). The van der Waals surface area contributed by atoms with Crippen LogP contribution in [0.15, 0.2) is 59.2 Å². The summed E-state index contributed by atoms with van der Waals surface area (Å²) < 4.78 is 0.992. The van der Waals surface area contributed by atoms with Crippen LogP contribution in [0.3, 0.4) is 0 Å². The van der Waals surface area contributed by atoms with Gasteiger partial charge in [0, 0.05) is 28.0 Å². The van der Waals surface area contributed by atoms with Crippen molar-refractivity contribution in [2.24, 2.45) is 0 Å². The van der Waals surface area contributed by atoms with Crippen molar-refractivity contribution in [1.82, 2.24) is 4.98 Å². The first-order valence-electron chi connectivity index (χ1n) is 7.77. The van der Waals surface area contributed by atoms with Crippen molar-refractivity contribution in [3.05, 3.63) is 75.9 Å². The number of hydrogen-bond acceptors (Lipinski definition) is 2. The molecule has 3 heteroatoms. The van der Waals surface area contributed by atoms with Crippen molar-refractivity contribution < 1.29 is 4.79 Å². The average Bonchev–Trinajstić information content (AvgIpc) is 2.57. The van der Waals surface area contributed by atoms with Crippen LogP contribution in [0, 0.1) is 6.92 Å². The molecule has 0 bridgehead atoms. The Kier molecular flexibility index (Phi) is 4.87. The molecule has 0 unspecified atom stereocenters. The van der Waals surface area contributed by atoms with E-state index in [1.165, 1.54) is 11.1 Å². The standard InChI is InChI=1S/C20H18BrNO/c1-14-7-8-16-4-3-13-22-20(16)18(14)5-2-6-19(23)15-9-11-17(21)12-10-15/h3-4,7-13H,2,5-6H2,1H3. The van der Waals surface area contributed by atoms with E-state index in [1.807, 2.05) is 36.5 Å². The van der Waals surface area contributed by atoms with Crippen molar-refractivity contribution >= 4 is 32.6 Å². The lowest BCUT2D eigenvalue weighted by Gasteiger charge is -2.09. The number of aromatic nitrogens is 1. The topological polar surface area (TPSA) is 30.0 Å². The van der Waals surface area contributed by atoms with Gasteiger partial charge in [0.1, 0.15) is 0 Å². The number of ketones is 1. The molecule has 0 N–H and O–H groups in total. The number of carbonyl (C=O) groups is 1. The molecule has 0 saturated heterocycles. The van der Waals surface area contributed by atoms with Crippen LogP contribution in [0.25, 0.3) is 10.9 Å². The van der Waals surface area contributed by atoms with Gasteiger partial charge in [-0.1, -0.05) is 46.3 Å². The third kappa shape index (κ3) is 3.67. The first-order valence-corrected chi connectivity index (χ1v) is 8.56. The Labute approximate surface area is 144 Å². The molecule has 0 radical (unpaired) electrons. The van der Waals surface area contributed by atoms with Gasteiger partial charge in [0.05, 0.1) is 5.52 Å². The highest BCUT2D eigenvalue weighted by Gasteiger charge is 2.09. The Balaban J connectivity index is 1.70. The van der Waals surface area contributed by atoms with E-state index in [4.69, 9.17) is 0 Å². The largest absolute Gasteiger partial charge is 0.294 e. The number of nitrogens with zero attached hydrogens (tertiary/aromatic N) is 1. The minimum Gasteiger partial charge on any atom is -0.294 e. The fourth-order valence-electron chi connectivity index (χ4n) is 2.83. The second-order valence-corrected chi connectivity index (χ2v) is 6.64. The van der Waals surface area contributed by atoms with Gasteiger partial charge in [-0.25, -0.2) is 0 Å². The predicted octanol–water partition coefficient (Wildman–Crippen LogP) is 5.51. The van der Waals surface area contributed by atoms with Crippen LogP contribution >= 0.6 is 15.9 Å². The molecule has 0 spiro atoms. The molecule has 1 heterocycles. The lowest BCUT2D eigenvalue weighted by Crippen LogP contribution is -2.01. The van der Waals surface area contributed by atoms with E-state index in [9.17, 15) is 4.79 Å². The van der Waals surface area contributed by atoms with E-state index in [0.717, 1.165) is 33.8 Å². The van der Waals surface area contributed by atoms with Crippen molar-refractivity contribution in [1.29, 1.82) is 0 Å². The number of benzene rings is 2. The zero-order valence-corrected chi connectivity index (χ0v) is 14.6. The van der Waals surface area contributed by atoms with E-state index in [1.54, 1.807) is 0 Å². The second kappa shape index (κ2) is 7.05. The molecule has 1 aromatic heterocycles. The molecule has 0 saturated carbocycles. The zero-order chi connectivity index (χ0) is 16.2. The Hall–Kier alpha value is -2.00. The molecular formula is C20H18BrNO. The molecule has 0 aliphatic heterocycles. The summed E-state index contributed by atoms with van der Waals surface area (Å²) in [5.41, 5.74) is 4.34. The number of halogens is 1. The summed E-state index contributed by atoms with van der Waals surface area (Å²) in [5, 5.41) is 1.16. The SMILES string of the molecule is Cc1ccc2cccnc2c1CCCC(=O)c1ccc(Br)cc1. The van der Waals surface area contributed by atoms with Crippen LogP contribution in [-0.2, 0) is 6.42 Å². The first kappa shape index (κ1) is 15.9. The molecule has 0 aliphatic rings. The molecule has 2 aromatic carbocycles. The maximum atomic E-state index is 12.3. The van der Waals surface area contributed by atoms with Crippen LogP contribution in [0.5, 0.6) is 0 Å². The van der Waals surface area contributed by atoms with Crippen molar-refractivity contribution in [3.8, 4) is 0 Å². The van der Waals surface area contributed by atoms with Crippen molar-refractivity contribution in [2.45, 2.75) is 26.2 Å². The highest BCUT2D eigenvalue weighted by atomic mass is 79.9. The van der Waals surface area contributed by atoms with Gasteiger partial charge in [-0.15, -0.1) is 0 Å². The maximum Gasteiger partial charge on any atom is 0.162 e. The first-order chi connectivity index (χ1) is 11.1. The quantitative estimate of drug-likeness (QED) is 0.556. The molecule has 2 nitrogen and oxygen atoms in total. The summed E-state index contributed by atoms with van der Waals surface area (Å²) in [6.07, 6.45) is 4.11. The van der Waals surface area contributed by atoms with E-state index in [0.29, 0.717) is 6.42 Å². The molecule has 23 heavy (non-hydrogen) atoms. The number of Topliss-reactive ketones (excluding diaryl/α,β-unsaturated/α-hetero) is 1. The van der Waals surface area contributed by atoms with Crippen LogP contribution in [-0.4, -0.2) is 10.8 Å². The van der Waals surface area contributed by atoms with Crippen molar-refractivity contribution in [3.63, 3.8) is 0 Å². The molecule has 0 amide bonds. The van der Waals surface area contributed by atoms with Crippen LogP contribution < -0.4 is 0 Å². The number of hydrogen-bond donors (Lipinski definition) is 0. The maximum absolute atomic E-state index is 12.3. The van der Waals surface area contributed by atoms with E-state index in [-0.39, 0.29) is 5.78 Å². The summed E-state index contributed by atoms with van der Waals surface area (Å²) in [5.74, 6) is 0.198. The average molecular weight is 368 g/mol. The summed E-state index contributed by atoms with van der Waals surface area (Å²) in [7, 11) is 0. The Bertz CT molecular complexity index is 840. The summed E-state index contributed by atoms with van der Waals surface area (Å²) >= 11 is 3.39. The van der Waals surface area contributed by atoms with Gasteiger partial charge in [0.25, 0.3) is 0 Å². The highest BCUT2D eigenvalue weighted by Crippen LogP contribution is 2.22. The van der Waals surface area contributed by atoms with Gasteiger partial charge < -0.3 is 0 Å². The van der Waals surface area contributed by atoms with E-state index < -0.39 is 0 Å². The Morgan fingerprint density at radius 3 is 2.65 bits per heavy atom. The van der Waals surface area contributed by atoms with Gasteiger partial charge in [-0.05, 0) is 49.1 Å². The van der Waals surface area contributed by atoms with Crippen LogP contribution in [0.2, 0.25) is 0 Å². The van der Waals surface area contributed by atoms with E-state index in [2.05, 4.69) is 46.0 Å².